The SMILES string of the molecule is CC1(C)[C@@H]2CC[C@]1(C)[C@@]([C@@H](CN)CO)(N1CCCCC1)C2. The molecule has 3 nitrogen and oxygen atoms in total. The third-order valence-corrected chi connectivity index (χ3v) is 8.05. The molecule has 4 atom stereocenters. The van der Waals surface area contributed by atoms with Crippen molar-refractivity contribution in [2.45, 2.75) is 64.8 Å². The molecule has 0 amide bonds. The van der Waals surface area contributed by atoms with Crippen LogP contribution in [0.25, 0.3) is 0 Å². The van der Waals surface area contributed by atoms with E-state index in [0.717, 1.165) is 5.92 Å². The van der Waals surface area contributed by atoms with Gasteiger partial charge in [-0.05, 0) is 68.5 Å². The highest BCUT2D eigenvalue weighted by Crippen LogP contribution is 2.72. The van der Waals surface area contributed by atoms with Crippen LogP contribution in [0.3, 0.4) is 0 Å². The second-order valence-corrected chi connectivity index (χ2v) is 8.58. The molecule has 0 aromatic rings. The molecule has 0 radical (unpaired) electrons. The molecule has 2 saturated carbocycles. The van der Waals surface area contributed by atoms with Crippen molar-refractivity contribution in [1.29, 1.82) is 0 Å². The Labute approximate surface area is 130 Å². The van der Waals surface area contributed by atoms with Crippen LogP contribution < -0.4 is 5.73 Å². The normalized spacial score (nSPS) is 44.1. The average Bonchev–Trinajstić information content (AvgIpc) is 2.81. The van der Waals surface area contributed by atoms with Crippen molar-refractivity contribution >= 4 is 0 Å². The number of nitrogens with zero attached hydrogens (tertiary/aromatic N) is 1. The summed E-state index contributed by atoms with van der Waals surface area (Å²) in [6.07, 6.45) is 7.90. The summed E-state index contributed by atoms with van der Waals surface area (Å²) < 4.78 is 0. The number of piperidine rings is 1. The lowest BCUT2D eigenvalue weighted by Gasteiger charge is -2.59. The lowest BCUT2D eigenvalue weighted by Crippen LogP contribution is -2.66. The van der Waals surface area contributed by atoms with Crippen LogP contribution in [0.15, 0.2) is 0 Å². The van der Waals surface area contributed by atoms with E-state index in [2.05, 4.69) is 25.7 Å². The van der Waals surface area contributed by atoms with Crippen molar-refractivity contribution in [2.75, 3.05) is 26.2 Å². The van der Waals surface area contributed by atoms with E-state index in [0.29, 0.717) is 12.0 Å². The van der Waals surface area contributed by atoms with E-state index in [1.165, 1.54) is 51.6 Å². The number of aliphatic hydroxyl groups excluding tert-OH is 1. The molecule has 1 saturated heterocycles. The third-order valence-electron chi connectivity index (χ3n) is 8.05. The largest absolute Gasteiger partial charge is 0.396 e. The van der Waals surface area contributed by atoms with Gasteiger partial charge in [-0.15, -0.1) is 0 Å². The van der Waals surface area contributed by atoms with Crippen LogP contribution in [0.4, 0.5) is 0 Å². The van der Waals surface area contributed by atoms with Gasteiger partial charge in [-0.2, -0.15) is 0 Å². The van der Waals surface area contributed by atoms with Gasteiger partial charge < -0.3 is 10.8 Å². The standard InChI is InChI=1S/C18H34N2O/c1-16(2)14-7-8-17(16,3)18(11-14,15(12-19)13-21)20-9-5-4-6-10-20/h14-15,21H,4-13,19H2,1-3H3/t14-,15+,17+,18-/m1/s1. The Morgan fingerprint density at radius 1 is 1.19 bits per heavy atom. The molecule has 3 fully saturated rings. The van der Waals surface area contributed by atoms with E-state index in [9.17, 15) is 5.11 Å². The minimum absolute atomic E-state index is 0.128. The molecule has 1 aliphatic heterocycles. The van der Waals surface area contributed by atoms with E-state index in [4.69, 9.17) is 5.73 Å². The number of nitrogens with two attached hydrogens (primary N) is 1. The Hall–Kier alpha value is -0.120. The predicted octanol–water partition coefficient (Wildman–Crippen LogP) is 2.62. The minimum atomic E-state index is 0.128. The fourth-order valence-corrected chi connectivity index (χ4v) is 6.40. The fourth-order valence-electron chi connectivity index (χ4n) is 6.40. The smallest absolute Gasteiger partial charge is 0.0489 e. The summed E-state index contributed by atoms with van der Waals surface area (Å²) in [5, 5.41) is 10.1. The molecule has 3 aliphatic rings. The molecule has 3 N–H and O–H groups in total. The number of rotatable bonds is 4. The molecule has 2 bridgehead atoms. The quantitative estimate of drug-likeness (QED) is 0.838. The number of likely N-dealkylation sites (tertiary alicyclic amines) is 1. The minimum Gasteiger partial charge on any atom is -0.396 e. The molecule has 3 heteroatoms. The zero-order valence-electron chi connectivity index (χ0n) is 14.2. The molecule has 122 valence electrons. The lowest BCUT2D eigenvalue weighted by molar-refractivity contribution is -0.101. The summed E-state index contributed by atoms with van der Waals surface area (Å²) >= 11 is 0. The van der Waals surface area contributed by atoms with Gasteiger partial charge in [-0.3, -0.25) is 4.90 Å². The highest BCUT2D eigenvalue weighted by Gasteiger charge is 2.71. The van der Waals surface area contributed by atoms with Crippen molar-refractivity contribution < 1.29 is 5.11 Å². The number of fused-ring (bicyclic) bond motifs is 2. The van der Waals surface area contributed by atoms with Crippen LogP contribution in [0, 0.1) is 22.7 Å². The van der Waals surface area contributed by atoms with Crippen LogP contribution in [-0.2, 0) is 0 Å². The van der Waals surface area contributed by atoms with Gasteiger partial charge in [0, 0.05) is 18.1 Å². The number of hydrogen-bond donors (Lipinski definition) is 2. The monoisotopic (exact) mass is 294 g/mol. The predicted molar refractivity (Wildman–Crippen MR) is 87.0 cm³/mol. The van der Waals surface area contributed by atoms with Gasteiger partial charge in [0.25, 0.3) is 0 Å². The van der Waals surface area contributed by atoms with Crippen LogP contribution in [0.2, 0.25) is 0 Å². The lowest BCUT2D eigenvalue weighted by atomic mass is 9.57. The number of aliphatic hydroxyl groups is 1. The van der Waals surface area contributed by atoms with Crippen molar-refractivity contribution in [3.63, 3.8) is 0 Å². The van der Waals surface area contributed by atoms with Gasteiger partial charge in [0.05, 0.1) is 0 Å². The summed E-state index contributed by atoms with van der Waals surface area (Å²) in [6.45, 7) is 10.7. The van der Waals surface area contributed by atoms with E-state index in [1.54, 1.807) is 0 Å². The summed E-state index contributed by atoms with van der Waals surface area (Å²) in [5.41, 5.74) is 6.93. The van der Waals surface area contributed by atoms with E-state index < -0.39 is 0 Å². The van der Waals surface area contributed by atoms with Crippen LogP contribution >= 0.6 is 0 Å². The zero-order valence-corrected chi connectivity index (χ0v) is 14.2. The molecule has 0 spiro atoms. The van der Waals surface area contributed by atoms with E-state index in [-0.39, 0.29) is 23.5 Å². The molecule has 0 aromatic carbocycles. The van der Waals surface area contributed by atoms with E-state index in [1.807, 2.05) is 0 Å². The maximum absolute atomic E-state index is 10.1. The Balaban J connectivity index is 2.06. The molecule has 3 rings (SSSR count). The summed E-state index contributed by atoms with van der Waals surface area (Å²) in [6, 6.07) is 0. The second-order valence-electron chi connectivity index (χ2n) is 8.58. The van der Waals surface area contributed by atoms with Crippen molar-refractivity contribution in [1.82, 2.24) is 4.90 Å². The molecule has 21 heavy (non-hydrogen) atoms. The Kier molecular flexibility index (Phi) is 3.91. The summed E-state index contributed by atoms with van der Waals surface area (Å²) in [5.74, 6) is 1.02. The fraction of sp³-hybridized carbons (Fsp3) is 1.00. The first-order valence-corrected chi connectivity index (χ1v) is 9.00. The molecule has 0 aromatic heterocycles. The van der Waals surface area contributed by atoms with Crippen LogP contribution in [0.1, 0.15) is 59.3 Å². The van der Waals surface area contributed by atoms with Crippen molar-refractivity contribution in [3.05, 3.63) is 0 Å². The second kappa shape index (κ2) is 5.21. The van der Waals surface area contributed by atoms with Gasteiger partial charge in [0.15, 0.2) is 0 Å². The first kappa shape index (κ1) is 15.8. The van der Waals surface area contributed by atoms with Gasteiger partial charge in [-0.25, -0.2) is 0 Å². The maximum atomic E-state index is 10.1. The van der Waals surface area contributed by atoms with Gasteiger partial charge in [0.1, 0.15) is 0 Å². The van der Waals surface area contributed by atoms with Gasteiger partial charge in [0.2, 0.25) is 0 Å². The van der Waals surface area contributed by atoms with Crippen molar-refractivity contribution in [3.8, 4) is 0 Å². The first-order valence-electron chi connectivity index (χ1n) is 9.00. The van der Waals surface area contributed by atoms with Crippen molar-refractivity contribution in [2.24, 2.45) is 28.4 Å². The molecule has 0 unspecified atom stereocenters. The zero-order chi connectivity index (χ0) is 15.3. The van der Waals surface area contributed by atoms with Crippen LogP contribution in [0.5, 0.6) is 0 Å². The van der Waals surface area contributed by atoms with Gasteiger partial charge in [-0.1, -0.05) is 27.2 Å². The highest BCUT2D eigenvalue weighted by molar-refractivity contribution is 5.23. The van der Waals surface area contributed by atoms with Crippen LogP contribution in [-0.4, -0.2) is 41.8 Å². The third kappa shape index (κ3) is 1.83. The topological polar surface area (TPSA) is 49.5 Å². The Morgan fingerprint density at radius 3 is 2.29 bits per heavy atom. The molecule has 2 aliphatic carbocycles. The maximum Gasteiger partial charge on any atom is 0.0489 e. The Bertz CT molecular complexity index is 387. The summed E-state index contributed by atoms with van der Waals surface area (Å²) in [7, 11) is 0. The number of hydrogen-bond acceptors (Lipinski definition) is 3. The van der Waals surface area contributed by atoms with E-state index >= 15 is 0 Å². The highest BCUT2D eigenvalue weighted by atomic mass is 16.3. The molecule has 1 heterocycles. The Morgan fingerprint density at radius 2 is 1.86 bits per heavy atom. The summed E-state index contributed by atoms with van der Waals surface area (Å²) in [4.78, 5) is 2.76. The van der Waals surface area contributed by atoms with Gasteiger partial charge >= 0.3 is 0 Å². The molecular formula is C18H34N2O. The first-order chi connectivity index (χ1) is 9.94. The molecular weight excluding hydrogens is 260 g/mol. The average molecular weight is 294 g/mol.